The van der Waals surface area contributed by atoms with Crippen molar-refractivity contribution in [3.05, 3.63) is 0 Å². The van der Waals surface area contributed by atoms with Crippen LogP contribution in [0.1, 0.15) is 0 Å². The Hall–Kier alpha value is -0.870. The van der Waals surface area contributed by atoms with Crippen LogP contribution in [-0.4, -0.2) is 75.4 Å². The summed E-state index contributed by atoms with van der Waals surface area (Å²) in [5.74, 6) is 0. The number of alkyl halides is 9. The molecule has 0 unspecified atom stereocenters. The van der Waals surface area contributed by atoms with Gasteiger partial charge in [-0.3, -0.25) is 0 Å². The molecule has 0 spiro atoms. The first kappa shape index (κ1) is 18.9. The lowest BCUT2D eigenvalue weighted by Gasteiger charge is -2.67. The van der Waals surface area contributed by atoms with Crippen LogP contribution < -0.4 is 0 Å². The standard InChI is InChI=1S/C10H7F9O6/c11-8(12,13)5(20)1-6(21,9(14,15)16)3-7(22,10(17,18)19)2(5)24-4(23-1)25-3/h1-4,20-22H. The topological polar surface area (TPSA) is 88.4 Å². The molecule has 3 N–H and O–H groups in total. The lowest BCUT2D eigenvalue weighted by Crippen LogP contribution is -2.95. The van der Waals surface area contributed by atoms with Gasteiger partial charge in [-0.2, -0.15) is 39.5 Å². The smallest absolute Gasteiger partial charge is 0.376 e. The van der Waals surface area contributed by atoms with Gasteiger partial charge in [0.1, 0.15) is 18.3 Å². The van der Waals surface area contributed by atoms with Gasteiger partial charge in [-0.25, -0.2) is 0 Å². The summed E-state index contributed by atoms with van der Waals surface area (Å²) in [7, 11) is 0. The van der Waals surface area contributed by atoms with Crippen LogP contribution in [0.5, 0.6) is 0 Å². The first-order valence-corrected chi connectivity index (χ1v) is 6.27. The highest BCUT2D eigenvalue weighted by Gasteiger charge is 2.93. The molecule has 3 heterocycles. The highest BCUT2D eigenvalue weighted by Crippen LogP contribution is 2.64. The molecular formula is C10H7F9O6. The zero-order valence-electron chi connectivity index (χ0n) is 11.3. The molecule has 146 valence electrons. The highest BCUT2D eigenvalue weighted by atomic mass is 19.4. The van der Waals surface area contributed by atoms with Crippen molar-refractivity contribution in [2.24, 2.45) is 0 Å². The molecule has 4 fully saturated rings. The number of halogens is 9. The van der Waals surface area contributed by atoms with E-state index in [-0.39, 0.29) is 0 Å². The zero-order valence-corrected chi connectivity index (χ0v) is 11.3. The maximum atomic E-state index is 13.2. The van der Waals surface area contributed by atoms with Gasteiger partial charge in [0.25, 0.3) is 6.48 Å². The van der Waals surface area contributed by atoms with Gasteiger partial charge in [0.05, 0.1) is 0 Å². The molecule has 6 nitrogen and oxygen atoms in total. The SMILES string of the molecule is OC1(C(F)(F)F)C2OC3OC1C(O)(C(F)(F)F)C(O3)C2(O)C(F)(F)F. The van der Waals surface area contributed by atoms with E-state index < -0.39 is 60.1 Å². The molecule has 0 atom stereocenters. The fourth-order valence-electron chi connectivity index (χ4n) is 3.36. The maximum Gasteiger partial charge on any atom is 0.422 e. The molecule has 0 aromatic heterocycles. The van der Waals surface area contributed by atoms with E-state index in [9.17, 15) is 54.8 Å². The molecule has 0 aromatic rings. The lowest BCUT2D eigenvalue weighted by molar-refractivity contribution is -0.589. The average Bonchev–Trinajstić information content (AvgIpc) is 2.39. The quantitative estimate of drug-likeness (QED) is 0.514. The minimum absolute atomic E-state index is 2.49. The predicted molar refractivity (Wildman–Crippen MR) is 51.4 cm³/mol. The first-order chi connectivity index (χ1) is 10.9. The minimum atomic E-state index is -6.21. The summed E-state index contributed by atoms with van der Waals surface area (Å²) in [4.78, 5) is 0. The third kappa shape index (κ3) is 1.88. The van der Waals surface area contributed by atoms with Crippen molar-refractivity contribution >= 4 is 0 Å². The number of aliphatic hydroxyl groups is 3. The van der Waals surface area contributed by atoms with E-state index in [0.717, 1.165) is 0 Å². The van der Waals surface area contributed by atoms with Gasteiger partial charge in [0, 0.05) is 0 Å². The largest absolute Gasteiger partial charge is 0.422 e. The molecule has 15 heteroatoms. The van der Waals surface area contributed by atoms with Crippen LogP contribution in [0.25, 0.3) is 0 Å². The molecule has 4 rings (SSSR count). The molecule has 1 saturated carbocycles. The summed E-state index contributed by atoms with van der Waals surface area (Å²) in [6.45, 7) is -2.49. The second kappa shape index (κ2) is 4.51. The Morgan fingerprint density at radius 1 is 0.520 bits per heavy atom. The van der Waals surface area contributed by atoms with Crippen LogP contribution in [0, 0.1) is 0 Å². The van der Waals surface area contributed by atoms with Gasteiger partial charge in [0.2, 0.25) is 16.8 Å². The van der Waals surface area contributed by atoms with Crippen molar-refractivity contribution in [3.8, 4) is 0 Å². The molecule has 1 aliphatic carbocycles. The molecule has 0 radical (unpaired) electrons. The fraction of sp³-hybridized carbons (Fsp3) is 1.00. The van der Waals surface area contributed by atoms with E-state index in [2.05, 4.69) is 14.2 Å². The maximum absolute atomic E-state index is 13.2. The van der Waals surface area contributed by atoms with Crippen LogP contribution in [0.4, 0.5) is 39.5 Å². The molecule has 3 saturated heterocycles. The van der Waals surface area contributed by atoms with Gasteiger partial charge < -0.3 is 29.5 Å². The van der Waals surface area contributed by atoms with Crippen molar-refractivity contribution in [2.45, 2.75) is 60.1 Å². The summed E-state index contributed by atoms with van der Waals surface area (Å²) in [6.07, 6.45) is -29.7. The van der Waals surface area contributed by atoms with Gasteiger partial charge in [-0.15, -0.1) is 0 Å². The van der Waals surface area contributed by atoms with Crippen LogP contribution in [0.3, 0.4) is 0 Å². The molecule has 0 aromatic carbocycles. The van der Waals surface area contributed by atoms with Gasteiger partial charge >= 0.3 is 18.5 Å². The second-order valence-corrected chi connectivity index (χ2v) is 5.81. The van der Waals surface area contributed by atoms with Crippen LogP contribution in [0.2, 0.25) is 0 Å². The highest BCUT2D eigenvalue weighted by molar-refractivity contribution is 5.30. The van der Waals surface area contributed by atoms with Gasteiger partial charge in [-0.05, 0) is 0 Å². The van der Waals surface area contributed by atoms with Crippen LogP contribution in [-0.2, 0) is 14.2 Å². The Kier molecular flexibility index (Phi) is 3.41. The van der Waals surface area contributed by atoms with Crippen LogP contribution in [0.15, 0.2) is 0 Å². The normalized spacial score (nSPS) is 50.4. The number of rotatable bonds is 0. The summed E-state index contributed by atoms with van der Waals surface area (Å²) >= 11 is 0. The number of hydrogen-bond acceptors (Lipinski definition) is 6. The summed E-state index contributed by atoms with van der Waals surface area (Å²) < 4.78 is 131. The van der Waals surface area contributed by atoms with E-state index >= 15 is 0 Å². The summed E-state index contributed by atoms with van der Waals surface area (Å²) in [6, 6.07) is 0. The van der Waals surface area contributed by atoms with Crippen molar-refractivity contribution in [1.29, 1.82) is 0 Å². The zero-order chi connectivity index (χ0) is 19.4. The van der Waals surface area contributed by atoms with E-state index in [1.165, 1.54) is 0 Å². The lowest BCUT2D eigenvalue weighted by atomic mass is 9.59. The van der Waals surface area contributed by atoms with E-state index in [0.29, 0.717) is 0 Å². The van der Waals surface area contributed by atoms with Gasteiger partial charge in [-0.1, -0.05) is 0 Å². The molecule has 3 aliphatic heterocycles. The van der Waals surface area contributed by atoms with Crippen molar-refractivity contribution in [2.75, 3.05) is 0 Å². The number of hydrogen-bond donors (Lipinski definition) is 3. The molecular weight excluding hydrogens is 387 g/mol. The van der Waals surface area contributed by atoms with Crippen LogP contribution >= 0.6 is 0 Å². The summed E-state index contributed by atoms with van der Waals surface area (Å²) in [5.41, 5.74) is -15.1. The molecule has 4 aliphatic rings. The molecule has 25 heavy (non-hydrogen) atoms. The second-order valence-electron chi connectivity index (χ2n) is 5.81. The Bertz CT molecular complexity index is 490. The van der Waals surface area contributed by atoms with Crippen molar-refractivity contribution in [3.63, 3.8) is 0 Å². The van der Waals surface area contributed by atoms with E-state index in [4.69, 9.17) is 0 Å². The Morgan fingerprint density at radius 3 is 0.880 bits per heavy atom. The third-order valence-electron chi connectivity index (χ3n) is 4.50. The monoisotopic (exact) mass is 394 g/mol. The average molecular weight is 394 g/mol. The number of ether oxygens (including phenoxy) is 3. The third-order valence-corrected chi connectivity index (χ3v) is 4.50. The molecule has 4 bridgehead atoms. The predicted octanol–water partition coefficient (Wildman–Crippen LogP) is 0.347. The van der Waals surface area contributed by atoms with Crippen molar-refractivity contribution < 1.29 is 69.0 Å². The Morgan fingerprint density at radius 2 is 0.720 bits per heavy atom. The van der Waals surface area contributed by atoms with Gasteiger partial charge in [0.15, 0.2) is 0 Å². The summed E-state index contributed by atoms with van der Waals surface area (Å²) in [5, 5.41) is 29.3. The molecule has 0 amide bonds. The minimum Gasteiger partial charge on any atom is -0.376 e. The van der Waals surface area contributed by atoms with E-state index in [1.807, 2.05) is 0 Å². The van der Waals surface area contributed by atoms with E-state index in [1.54, 1.807) is 0 Å². The Labute approximate surface area is 130 Å². The fourth-order valence-corrected chi connectivity index (χ4v) is 3.36. The Balaban J connectivity index is 2.34. The first-order valence-electron chi connectivity index (χ1n) is 6.27. The van der Waals surface area contributed by atoms with Crippen molar-refractivity contribution in [1.82, 2.24) is 0 Å².